The minimum absolute atomic E-state index is 0.857. The number of fused-ring (bicyclic) bond motifs is 1. The molecule has 1 heterocycles. The fourth-order valence-corrected chi connectivity index (χ4v) is 2.06. The molecule has 1 aliphatic heterocycles. The molecule has 1 aromatic rings. The van der Waals surface area contributed by atoms with Gasteiger partial charge in [0.05, 0.1) is 6.61 Å². The predicted octanol–water partition coefficient (Wildman–Crippen LogP) is 2.87. The largest absolute Gasteiger partial charge is 0.493 e. The molecule has 0 aliphatic carbocycles. The first kappa shape index (κ1) is 9.91. The molecule has 2 rings (SSSR count). The van der Waals surface area contributed by atoms with Crippen LogP contribution in [0.15, 0.2) is 18.2 Å². The smallest absolute Gasteiger partial charge is 0.122 e. The van der Waals surface area contributed by atoms with Crippen molar-refractivity contribution in [3.63, 3.8) is 0 Å². The molecule has 0 fully saturated rings. The first-order valence-electron chi connectivity index (χ1n) is 5.25. The van der Waals surface area contributed by atoms with Gasteiger partial charge in [0.15, 0.2) is 0 Å². The van der Waals surface area contributed by atoms with Crippen molar-refractivity contribution in [3.8, 4) is 5.75 Å². The fraction of sp³-hybridized carbons (Fsp3) is 0.500. The molecule has 0 bridgehead atoms. The van der Waals surface area contributed by atoms with Crippen LogP contribution in [0, 0.1) is 0 Å². The first-order chi connectivity index (χ1) is 6.90. The summed E-state index contributed by atoms with van der Waals surface area (Å²) < 4.78 is 5.47. The molecule has 0 radical (unpaired) electrons. The number of unbranched alkanes of at least 4 members (excludes halogenated alkanes) is 1. The Hall–Kier alpha value is -0.630. The topological polar surface area (TPSA) is 9.23 Å². The molecule has 0 N–H and O–H groups in total. The Bertz CT molecular complexity index is 309. The van der Waals surface area contributed by atoms with Gasteiger partial charge in [-0.25, -0.2) is 0 Å². The van der Waals surface area contributed by atoms with Crippen LogP contribution in [0.3, 0.4) is 0 Å². The summed E-state index contributed by atoms with van der Waals surface area (Å²) in [5.41, 5.74) is 2.82. The van der Waals surface area contributed by atoms with Crippen LogP contribution < -0.4 is 4.74 Å². The minimum atomic E-state index is 0.857. The van der Waals surface area contributed by atoms with Crippen LogP contribution in [-0.2, 0) is 12.8 Å². The summed E-state index contributed by atoms with van der Waals surface area (Å²) in [4.78, 5) is 0. The molecule has 0 saturated heterocycles. The second-order valence-corrected chi connectivity index (χ2v) is 4.17. The Labute approximate surface area is 90.9 Å². The van der Waals surface area contributed by atoms with Crippen LogP contribution in [0.5, 0.6) is 5.75 Å². The van der Waals surface area contributed by atoms with Gasteiger partial charge in [-0.05, 0) is 42.2 Å². The zero-order chi connectivity index (χ0) is 9.80. The van der Waals surface area contributed by atoms with E-state index in [-0.39, 0.29) is 0 Å². The summed E-state index contributed by atoms with van der Waals surface area (Å²) in [5, 5.41) is 0. The van der Waals surface area contributed by atoms with Crippen LogP contribution in [0.25, 0.3) is 0 Å². The van der Waals surface area contributed by atoms with Crippen LogP contribution in [0.1, 0.15) is 24.0 Å². The molecular formula is C12H16OS. The second kappa shape index (κ2) is 4.74. The van der Waals surface area contributed by atoms with E-state index < -0.39 is 0 Å². The van der Waals surface area contributed by atoms with Crippen molar-refractivity contribution >= 4 is 12.6 Å². The Morgan fingerprint density at radius 2 is 2.21 bits per heavy atom. The van der Waals surface area contributed by atoms with Gasteiger partial charge >= 0.3 is 0 Å². The Kier molecular flexibility index (Phi) is 3.35. The Morgan fingerprint density at radius 3 is 3.07 bits per heavy atom. The van der Waals surface area contributed by atoms with Crippen molar-refractivity contribution in [2.75, 3.05) is 12.4 Å². The lowest BCUT2D eigenvalue weighted by Gasteiger charge is -2.03. The van der Waals surface area contributed by atoms with Crippen molar-refractivity contribution in [3.05, 3.63) is 29.3 Å². The van der Waals surface area contributed by atoms with Gasteiger partial charge in [-0.2, -0.15) is 12.6 Å². The van der Waals surface area contributed by atoms with Gasteiger partial charge in [0.2, 0.25) is 0 Å². The van der Waals surface area contributed by atoms with Gasteiger partial charge in [-0.1, -0.05) is 12.1 Å². The molecule has 1 aromatic carbocycles. The summed E-state index contributed by atoms with van der Waals surface area (Å²) in [7, 11) is 0. The Balaban J connectivity index is 1.98. The van der Waals surface area contributed by atoms with E-state index in [1.54, 1.807) is 0 Å². The number of ether oxygens (including phenoxy) is 1. The van der Waals surface area contributed by atoms with Crippen molar-refractivity contribution < 1.29 is 4.74 Å². The number of aryl methyl sites for hydroxylation is 1. The second-order valence-electron chi connectivity index (χ2n) is 3.72. The standard InChI is InChI=1S/C12H16OS/c14-8-2-1-3-10-4-5-12-11(9-10)6-7-13-12/h4-5,9,14H,1-3,6-8H2. The number of hydrogen-bond acceptors (Lipinski definition) is 2. The van der Waals surface area contributed by atoms with E-state index in [2.05, 4.69) is 30.8 Å². The molecule has 0 saturated carbocycles. The predicted molar refractivity (Wildman–Crippen MR) is 62.4 cm³/mol. The molecule has 1 aliphatic rings. The SMILES string of the molecule is SCCCCc1ccc2c(c1)CCO2. The zero-order valence-corrected chi connectivity index (χ0v) is 9.22. The third kappa shape index (κ3) is 2.24. The summed E-state index contributed by atoms with van der Waals surface area (Å²) in [6, 6.07) is 6.59. The molecular weight excluding hydrogens is 192 g/mol. The van der Waals surface area contributed by atoms with Gasteiger partial charge in [-0.3, -0.25) is 0 Å². The van der Waals surface area contributed by atoms with E-state index in [0.29, 0.717) is 0 Å². The molecule has 0 unspecified atom stereocenters. The van der Waals surface area contributed by atoms with Gasteiger partial charge in [0, 0.05) is 6.42 Å². The lowest BCUT2D eigenvalue weighted by atomic mass is 10.0. The van der Waals surface area contributed by atoms with E-state index in [0.717, 1.165) is 24.5 Å². The normalized spacial score (nSPS) is 13.8. The maximum atomic E-state index is 5.47. The third-order valence-electron chi connectivity index (χ3n) is 2.63. The van der Waals surface area contributed by atoms with Gasteiger partial charge in [0.25, 0.3) is 0 Å². The minimum Gasteiger partial charge on any atom is -0.493 e. The highest BCUT2D eigenvalue weighted by Gasteiger charge is 2.11. The number of hydrogen-bond donors (Lipinski definition) is 1. The van der Waals surface area contributed by atoms with E-state index in [4.69, 9.17) is 4.74 Å². The third-order valence-corrected chi connectivity index (χ3v) is 2.94. The van der Waals surface area contributed by atoms with Crippen LogP contribution in [0.4, 0.5) is 0 Å². The molecule has 0 atom stereocenters. The van der Waals surface area contributed by atoms with Gasteiger partial charge in [-0.15, -0.1) is 0 Å². The molecule has 76 valence electrons. The number of rotatable bonds is 4. The Morgan fingerprint density at radius 1 is 1.29 bits per heavy atom. The van der Waals surface area contributed by atoms with Crippen LogP contribution >= 0.6 is 12.6 Å². The van der Waals surface area contributed by atoms with E-state index >= 15 is 0 Å². The molecule has 0 amide bonds. The lowest BCUT2D eigenvalue weighted by molar-refractivity contribution is 0.357. The monoisotopic (exact) mass is 208 g/mol. The lowest BCUT2D eigenvalue weighted by Crippen LogP contribution is -1.88. The van der Waals surface area contributed by atoms with Crippen molar-refractivity contribution in [2.24, 2.45) is 0 Å². The first-order valence-corrected chi connectivity index (χ1v) is 5.89. The maximum Gasteiger partial charge on any atom is 0.122 e. The molecule has 1 nitrogen and oxygen atoms in total. The number of thiol groups is 1. The summed E-state index contributed by atoms with van der Waals surface area (Å²) in [5.74, 6) is 2.08. The quantitative estimate of drug-likeness (QED) is 0.591. The number of benzene rings is 1. The highest BCUT2D eigenvalue weighted by atomic mass is 32.1. The highest BCUT2D eigenvalue weighted by Crippen LogP contribution is 2.26. The molecule has 2 heteroatoms. The van der Waals surface area contributed by atoms with Crippen LogP contribution in [-0.4, -0.2) is 12.4 Å². The highest BCUT2D eigenvalue weighted by molar-refractivity contribution is 7.80. The van der Waals surface area contributed by atoms with E-state index in [1.807, 2.05) is 0 Å². The average molecular weight is 208 g/mol. The molecule has 0 aromatic heterocycles. The van der Waals surface area contributed by atoms with Gasteiger partial charge in [0.1, 0.15) is 5.75 Å². The summed E-state index contributed by atoms with van der Waals surface area (Å²) in [6.07, 6.45) is 4.70. The van der Waals surface area contributed by atoms with Gasteiger partial charge < -0.3 is 4.74 Å². The molecule has 14 heavy (non-hydrogen) atoms. The van der Waals surface area contributed by atoms with Crippen molar-refractivity contribution in [1.29, 1.82) is 0 Å². The van der Waals surface area contributed by atoms with E-state index in [1.165, 1.54) is 30.4 Å². The van der Waals surface area contributed by atoms with Crippen molar-refractivity contribution in [2.45, 2.75) is 25.7 Å². The zero-order valence-electron chi connectivity index (χ0n) is 8.33. The molecule has 0 spiro atoms. The van der Waals surface area contributed by atoms with E-state index in [9.17, 15) is 0 Å². The summed E-state index contributed by atoms with van der Waals surface area (Å²) in [6.45, 7) is 0.857. The fourth-order valence-electron chi connectivity index (χ4n) is 1.84. The summed E-state index contributed by atoms with van der Waals surface area (Å²) >= 11 is 4.21. The maximum absolute atomic E-state index is 5.47. The van der Waals surface area contributed by atoms with Crippen LogP contribution in [0.2, 0.25) is 0 Å². The van der Waals surface area contributed by atoms with Crippen molar-refractivity contribution in [1.82, 2.24) is 0 Å². The average Bonchev–Trinajstić information content (AvgIpc) is 2.65.